The maximum Gasteiger partial charge on any atom is 0.266 e. The van der Waals surface area contributed by atoms with Gasteiger partial charge in [-0.15, -0.1) is 0 Å². The first-order chi connectivity index (χ1) is 15.0. The number of thioether (sulfide) groups is 1. The van der Waals surface area contributed by atoms with Crippen LogP contribution in [0, 0.1) is 13.8 Å². The van der Waals surface area contributed by atoms with Crippen LogP contribution >= 0.6 is 23.4 Å². The number of fused-ring (bicyclic) bond motifs is 1. The lowest BCUT2D eigenvalue weighted by Crippen LogP contribution is -2.23. The highest BCUT2D eigenvalue weighted by Crippen LogP contribution is 2.26. The molecule has 0 fully saturated rings. The SMILES string of the molecule is Cc1ccccc1NC(=O)CSc1nc2ccccc2c(=O)n1-c1cccc(Cl)c1C. The molecule has 1 heterocycles. The maximum absolute atomic E-state index is 13.4. The van der Waals surface area contributed by atoms with Gasteiger partial charge in [0.25, 0.3) is 5.56 Å². The van der Waals surface area contributed by atoms with E-state index in [1.54, 1.807) is 24.3 Å². The van der Waals surface area contributed by atoms with Crippen LogP contribution in [0.2, 0.25) is 5.02 Å². The number of hydrogen-bond acceptors (Lipinski definition) is 4. The number of rotatable bonds is 5. The molecule has 0 aliphatic rings. The molecule has 0 atom stereocenters. The van der Waals surface area contributed by atoms with E-state index in [0.717, 1.165) is 16.8 Å². The van der Waals surface area contributed by atoms with Crippen molar-refractivity contribution in [2.24, 2.45) is 0 Å². The van der Waals surface area contributed by atoms with E-state index in [0.29, 0.717) is 26.8 Å². The Labute approximate surface area is 189 Å². The normalized spacial score (nSPS) is 10.9. The minimum atomic E-state index is -0.197. The molecule has 7 heteroatoms. The highest BCUT2D eigenvalue weighted by Gasteiger charge is 2.17. The van der Waals surface area contributed by atoms with Gasteiger partial charge in [0.15, 0.2) is 5.16 Å². The van der Waals surface area contributed by atoms with Gasteiger partial charge in [0.1, 0.15) is 0 Å². The van der Waals surface area contributed by atoms with Gasteiger partial charge in [-0.2, -0.15) is 0 Å². The molecule has 0 radical (unpaired) electrons. The summed E-state index contributed by atoms with van der Waals surface area (Å²) in [5.74, 6) is -0.0605. The number of carbonyl (C=O) groups is 1. The molecule has 0 saturated heterocycles. The summed E-state index contributed by atoms with van der Waals surface area (Å²) >= 11 is 7.53. The summed E-state index contributed by atoms with van der Waals surface area (Å²) in [5.41, 5.74) is 3.56. The number of carbonyl (C=O) groups excluding carboxylic acids is 1. The van der Waals surface area contributed by atoms with Gasteiger partial charge in [-0.05, 0) is 55.3 Å². The average molecular weight is 450 g/mol. The maximum atomic E-state index is 13.4. The highest BCUT2D eigenvalue weighted by molar-refractivity contribution is 7.99. The first kappa shape index (κ1) is 21.2. The molecule has 0 saturated carbocycles. The van der Waals surface area contributed by atoms with E-state index in [2.05, 4.69) is 10.3 Å². The van der Waals surface area contributed by atoms with Crippen LogP contribution < -0.4 is 10.9 Å². The van der Waals surface area contributed by atoms with Gasteiger partial charge >= 0.3 is 0 Å². The van der Waals surface area contributed by atoms with Crippen molar-refractivity contribution in [3.8, 4) is 5.69 Å². The van der Waals surface area contributed by atoms with Gasteiger partial charge in [0, 0.05) is 10.7 Å². The van der Waals surface area contributed by atoms with Crippen LogP contribution in [0.1, 0.15) is 11.1 Å². The van der Waals surface area contributed by atoms with E-state index >= 15 is 0 Å². The van der Waals surface area contributed by atoms with Gasteiger partial charge in [-0.3, -0.25) is 14.2 Å². The smallest absolute Gasteiger partial charge is 0.266 e. The van der Waals surface area contributed by atoms with E-state index in [-0.39, 0.29) is 17.2 Å². The zero-order chi connectivity index (χ0) is 22.0. The summed E-state index contributed by atoms with van der Waals surface area (Å²) in [7, 11) is 0. The number of nitrogens with one attached hydrogen (secondary N) is 1. The third-order valence-electron chi connectivity index (χ3n) is 4.98. The Morgan fingerprint density at radius 3 is 2.58 bits per heavy atom. The zero-order valence-electron chi connectivity index (χ0n) is 17.1. The van der Waals surface area contributed by atoms with Crippen molar-refractivity contribution in [2.45, 2.75) is 19.0 Å². The minimum absolute atomic E-state index is 0.110. The third-order valence-corrected chi connectivity index (χ3v) is 6.32. The lowest BCUT2D eigenvalue weighted by Gasteiger charge is -2.16. The number of nitrogens with zero attached hydrogens (tertiary/aromatic N) is 2. The fourth-order valence-corrected chi connectivity index (χ4v) is 4.26. The Balaban J connectivity index is 1.73. The monoisotopic (exact) mass is 449 g/mol. The van der Waals surface area contributed by atoms with Crippen molar-refractivity contribution in [1.82, 2.24) is 9.55 Å². The third kappa shape index (κ3) is 4.36. The van der Waals surface area contributed by atoms with Gasteiger partial charge in [0.05, 0.1) is 22.3 Å². The molecule has 31 heavy (non-hydrogen) atoms. The Morgan fingerprint density at radius 1 is 1.03 bits per heavy atom. The fraction of sp³-hybridized carbons (Fsp3) is 0.125. The van der Waals surface area contributed by atoms with Crippen LogP contribution in [-0.2, 0) is 4.79 Å². The number of anilines is 1. The molecular weight excluding hydrogens is 430 g/mol. The quantitative estimate of drug-likeness (QED) is 0.328. The lowest BCUT2D eigenvalue weighted by atomic mass is 10.2. The number of benzene rings is 3. The summed E-state index contributed by atoms with van der Waals surface area (Å²) in [5, 5.41) is 4.43. The molecule has 0 aliphatic heterocycles. The van der Waals surface area contributed by atoms with Crippen LogP contribution in [0.5, 0.6) is 0 Å². The largest absolute Gasteiger partial charge is 0.325 e. The average Bonchev–Trinajstić information content (AvgIpc) is 2.76. The molecule has 3 aromatic carbocycles. The molecular formula is C24H20ClN3O2S. The van der Waals surface area contributed by atoms with Crippen LogP contribution in [0.25, 0.3) is 16.6 Å². The molecule has 4 aromatic rings. The molecule has 0 bridgehead atoms. The second kappa shape index (κ2) is 8.96. The molecule has 0 aliphatic carbocycles. The first-order valence-electron chi connectivity index (χ1n) is 9.71. The number of para-hydroxylation sites is 2. The Morgan fingerprint density at radius 2 is 1.77 bits per heavy atom. The van der Waals surface area contributed by atoms with Crippen molar-refractivity contribution in [3.05, 3.63) is 93.2 Å². The second-order valence-electron chi connectivity index (χ2n) is 7.09. The molecule has 1 N–H and O–H groups in total. The predicted molar refractivity (Wildman–Crippen MR) is 128 cm³/mol. The lowest BCUT2D eigenvalue weighted by molar-refractivity contribution is -0.113. The first-order valence-corrected chi connectivity index (χ1v) is 11.1. The van der Waals surface area contributed by atoms with Crippen molar-refractivity contribution in [1.29, 1.82) is 0 Å². The van der Waals surface area contributed by atoms with E-state index in [9.17, 15) is 9.59 Å². The van der Waals surface area contributed by atoms with Crippen molar-refractivity contribution in [2.75, 3.05) is 11.1 Å². The molecule has 0 unspecified atom stereocenters. The van der Waals surface area contributed by atoms with Gasteiger partial charge in [0.2, 0.25) is 5.91 Å². The number of aryl methyl sites for hydroxylation is 1. The summed E-state index contributed by atoms with van der Waals surface area (Å²) in [6, 6.07) is 20.2. The van der Waals surface area contributed by atoms with Crippen LogP contribution in [-0.4, -0.2) is 21.2 Å². The van der Waals surface area contributed by atoms with E-state index in [1.807, 2.05) is 56.3 Å². The number of aromatic nitrogens is 2. The number of amides is 1. The predicted octanol–water partition coefficient (Wildman–Crippen LogP) is 5.39. The fourth-order valence-electron chi connectivity index (χ4n) is 3.29. The minimum Gasteiger partial charge on any atom is -0.325 e. The topological polar surface area (TPSA) is 64.0 Å². The van der Waals surface area contributed by atoms with E-state index in [1.165, 1.54) is 16.3 Å². The highest BCUT2D eigenvalue weighted by atomic mass is 35.5. The van der Waals surface area contributed by atoms with E-state index < -0.39 is 0 Å². The number of hydrogen-bond donors (Lipinski definition) is 1. The number of halogens is 1. The van der Waals surface area contributed by atoms with Crippen LogP contribution in [0.4, 0.5) is 5.69 Å². The summed E-state index contributed by atoms with van der Waals surface area (Å²) in [6.07, 6.45) is 0. The van der Waals surface area contributed by atoms with Crippen molar-refractivity contribution >= 4 is 45.9 Å². The van der Waals surface area contributed by atoms with Gasteiger partial charge in [-0.25, -0.2) is 4.98 Å². The van der Waals surface area contributed by atoms with Gasteiger partial charge < -0.3 is 5.32 Å². The molecule has 1 amide bonds. The second-order valence-corrected chi connectivity index (χ2v) is 8.44. The summed E-state index contributed by atoms with van der Waals surface area (Å²) < 4.78 is 1.54. The Hall–Kier alpha value is -3.09. The molecule has 0 spiro atoms. The summed E-state index contributed by atoms with van der Waals surface area (Å²) in [4.78, 5) is 30.6. The molecule has 156 valence electrons. The standard InChI is InChI=1S/C24H20ClN3O2S/c1-15-8-3-5-11-19(15)26-22(29)14-31-24-27-20-12-6-4-9-17(20)23(30)28(24)21-13-7-10-18(25)16(21)2/h3-13H,14H2,1-2H3,(H,26,29). The van der Waals surface area contributed by atoms with Crippen LogP contribution in [0.3, 0.4) is 0 Å². The summed E-state index contributed by atoms with van der Waals surface area (Å²) in [6.45, 7) is 3.80. The molecule has 4 rings (SSSR count). The Bertz CT molecular complexity index is 1350. The van der Waals surface area contributed by atoms with Crippen molar-refractivity contribution < 1.29 is 4.79 Å². The van der Waals surface area contributed by atoms with Crippen LogP contribution in [0.15, 0.2) is 76.7 Å². The van der Waals surface area contributed by atoms with E-state index in [4.69, 9.17) is 11.6 Å². The van der Waals surface area contributed by atoms with Crippen molar-refractivity contribution in [3.63, 3.8) is 0 Å². The van der Waals surface area contributed by atoms with Gasteiger partial charge in [-0.1, -0.05) is 59.8 Å². The Kier molecular flexibility index (Phi) is 6.11. The molecule has 5 nitrogen and oxygen atoms in total. The molecule has 1 aromatic heterocycles. The zero-order valence-corrected chi connectivity index (χ0v) is 18.6.